The van der Waals surface area contributed by atoms with Crippen molar-refractivity contribution in [3.05, 3.63) is 93.5 Å². The van der Waals surface area contributed by atoms with Gasteiger partial charge in [0.2, 0.25) is 6.23 Å². The smallest absolute Gasteiger partial charge is 0.269 e. The molecule has 0 spiro atoms. The van der Waals surface area contributed by atoms with Gasteiger partial charge in [-0.05, 0) is 24.3 Å². The normalized spacial score (nSPS) is 20.6. The Bertz CT molecular complexity index is 1260. The maximum atomic E-state index is 11.3. The van der Waals surface area contributed by atoms with Crippen molar-refractivity contribution >= 4 is 11.4 Å². The summed E-state index contributed by atoms with van der Waals surface area (Å²) in [5, 5.41) is 18.1. The van der Waals surface area contributed by atoms with Crippen molar-refractivity contribution in [3.63, 3.8) is 0 Å². The Kier molecular flexibility index (Phi) is 4.24. The highest BCUT2D eigenvalue weighted by molar-refractivity contribution is 6.02. The van der Waals surface area contributed by atoms with Gasteiger partial charge < -0.3 is 14.2 Å². The van der Waals surface area contributed by atoms with E-state index in [-0.39, 0.29) is 11.7 Å². The average molecular weight is 429 g/mol. The molecule has 3 heterocycles. The number of benzene rings is 3. The molecule has 2 atom stereocenters. The van der Waals surface area contributed by atoms with Crippen LogP contribution in [0.3, 0.4) is 0 Å². The summed E-state index contributed by atoms with van der Waals surface area (Å²) >= 11 is 0. The van der Waals surface area contributed by atoms with Crippen LogP contribution >= 0.6 is 0 Å². The van der Waals surface area contributed by atoms with Crippen LogP contribution in [0, 0.1) is 10.1 Å². The zero-order valence-corrected chi connectivity index (χ0v) is 17.0. The summed E-state index contributed by atoms with van der Waals surface area (Å²) < 4.78 is 17.7. The third kappa shape index (κ3) is 3.03. The van der Waals surface area contributed by atoms with Gasteiger partial charge in [-0.3, -0.25) is 10.1 Å². The predicted octanol–water partition coefficient (Wildman–Crippen LogP) is 4.61. The molecule has 3 aliphatic heterocycles. The number of ether oxygens (including phenoxy) is 3. The van der Waals surface area contributed by atoms with E-state index in [4.69, 9.17) is 19.3 Å². The second-order valence-corrected chi connectivity index (χ2v) is 7.87. The quantitative estimate of drug-likeness (QED) is 0.446. The summed E-state index contributed by atoms with van der Waals surface area (Å²) in [7, 11) is 0. The fraction of sp³-hybridized carbons (Fsp3) is 0.208. The van der Waals surface area contributed by atoms with Gasteiger partial charge in [0, 0.05) is 35.2 Å². The molecule has 0 saturated carbocycles. The van der Waals surface area contributed by atoms with Crippen LogP contribution in [0.15, 0.2) is 71.8 Å². The first kappa shape index (κ1) is 18.7. The van der Waals surface area contributed by atoms with E-state index in [0.717, 1.165) is 28.3 Å². The molecule has 8 heteroatoms. The highest BCUT2D eigenvalue weighted by Crippen LogP contribution is 2.48. The van der Waals surface area contributed by atoms with Crippen LogP contribution in [0.4, 0.5) is 5.69 Å². The van der Waals surface area contributed by atoms with Crippen molar-refractivity contribution < 1.29 is 19.1 Å². The van der Waals surface area contributed by atoms with E-state index in [1.54, 1.807) is 12.1 Å². The molecule has 32 heavy (non-hydrogen) atoms. The highest BCUT2D eigenvalue weighted by Gasteiger charge is 2.41. The van der Waals surface area contributed by atoms with Crippen molar-refractivity contribution in [2.75, 3.05) is 13.2 Å². The minimum atomic E-state index is -0.565. The minimum Gasteiger partial charge on any atom is -0.486 e. The standard InChI is InChI=1S/C24H19N3O5/c28-27(29)17-5-3-4-16(12-17)24-26-20(18-6-1-2-7-21(18)32-24)14-19(25-26)15-8-9-22-23(13-15)31-11-10-30-22/h1-9,12-13,20,24H,10-11,14H2/t20-,24-/m1/s1. The molecule has 0 saturated heterocycles. The lowest BCUT2D eigenvalue weighted by Gasteiger charge is -2.38. The molecular weight excluding hydrogens is 410 g/mol. The molecule has 0 aliphatic carbocycles. The van der Waals surface area contributed by atoms with Crippen molar-refractivity contribution in [1.29, 1.82) is 0 Å². The van der Waals surface area contributed by atoms with E-state index < -0.39 is 11.2 Å². The molecule has 3 aliphatic rings. The lowest BCUT2D eigenvalue weighted by molar-refractivity contribution is -0.385. The number of nitrogens with zero attached hydrogens (tertiary/aromatic N) is 3. The Balaban J connectivity index is 1.42. The van der Waals surface area contributed by atoms with Gasteiger partial charge in [-0.1, -0.05) is 30.3 Å². The number of para-hydroxylation sites is 1. The number of hydrazone groups is 1. The Labute approximate surface area is 183 Å². The van der Waals surface area contributed by atoms with Gasteiger partial charge in [-0.25, -0.2) is 5.01 Å². The first-order valence-electron chi connectivity index (χ1n) is 10.4. The van der Waals surface area contributed by atoms with Crippen LogP contribution in [-0.2, 0) is 0 Å². The molecule has 0 fully saturated rings. The molecule has 6 rings (SSSR count). The Morgan fingerprint density at radius 3 is 2.66 bits per heavy atom. The Hall–Kier alpha value is -4.07. The summed E-state index contributed by atoms with van der Waals surface area (Å²) in [5.41, 5.74) is 3.62. The monoisotopic (exact) mass is 429 g/mol. The van der Waals surface area contributed by atoms with Gasteiger partial charge in [0.05, 0.1) is 16.7 Å². The van der Waals surface area contributed by atoms with Crippen LogP contribution in [0.25, 0.3) is 0 Å². The molecule has 8 nitrogen and oxygen atoms in total. The van der Waals surface area contributed by atoms with Gasteiger partial charge >= 0.3 is 0 Å². The summed E-state index contributed by atoms with van der Waals surface area (Å²) in [5.74, 6) is 2.22. The first-order valence-corrected chi connectivity index (χ1v) is 10.4. The summed E-state index contributed by atoms with van der Waals surface area (Å²) in [6.07, 6.45) is 0.121. The van der Waals surface area contributed by atoms with E-state index in [1.807, 2.05) is 53.5 Å². The van der Waals surface area contributed by atoms with Crippen LogP contribution in [-0.4, -0.2) is 28.9 Å². The minimum absolute atomic E-state index is 0.0248. The van der Waals surface area contributed by atoms with Gasteiger partial charge in [0.1, 0.15) is 19.0 Å². The summed E-state index contributed by atoms with van der Waals surface area (Å²) in [6, 6.07) is 20.2. The van der Waals surface area contributed by atoms with Crippen LogP contribution in [0.5, 0.6) is 17.2 Å². The molecule has 0 bridgehead atoms. The lowest BCUT2D eigenvalue weighted by Crippen LogP contribution is -2.33. The molecule has 160 valence electrons. The molecule has 0 aromatic heterocycles. The fourth-order valence-corrected chi connectivity index (χ4v) is 4.44. The Morgan fingerprint density at radius 1 is 0.938 bits per heavy atom. The zero-order valence-electron chi connectivity index (χ0n) is 17.0. The lowest BCUT2D eigenvalue weighted by atomic mass is 9.95. The maximum absolute atomic E-state index is 11.3. The number of nitro groups is 1. The van der Waals surface area contributed by atoms with Gasteiger partial charge in [0.15, 0.2) is 11.5 Å². The Morgan fingerprint density at radius 2 is 1.78 bits per heavy atom. The molecule has 0 amide bonds. The SMILES string of the molecule is O=[N+]([O-])c1cccc([C@H]2Oc3ccccc3[C@H]3CC(c4ccc5c(c4)OCCO5)=NN32)c1. The fourth-order valence-electron chi connectivity index (χ4n) is 4.44. The topological polar surface area (TPSA) is 86.4 Å². The van der Waals surface area contributed by atoms with Crippen LogP contribution in [0.1, 0.15) is 35.4 Å². The van der Waals surface area contributed by atoms with Crippen molar-refractivity contribution in [2.24, 2.45) is 5.10 Å². The largest absolute Gasteiger partial charge is 0.486 e. The number of non-ortho nitro benzene ring substituents is 1. The van der Waals surface area contributed by atoms with Crippen molar-refractivity contribution in [1.82, 2.24) is 5.01 Å². The average Bonchev–Trinajstić information content (AvgIpc) is 3.29. The second-order valence-electron chi connectivity index (χ2n) is 7.87. The van der Waals surface area contributed by atoms with Crippen LogP contribution in [0.2, 0.25) is 0 Å². The number of hydrogen-bond acceptors (Lipinski definition) is 7. The third-order valence-electron chi connectivity index (χ3n) is 5.94. The highest BCUT2D eigenvalue weighted by atomic mass is 16.6. The van der Waals surface area contributed by atoms with E-state index in [2.05, 4.69) is 0 Å². The van der Waals surface area contributed by atoms with E-state index in [1.165, 1.54) is 6.07 Å². The molecular formula is C24H19N3O5. The number of hydrogen-bond donors (Lipinski definition) is 0. The number of fused-ring (bicyclic) bond motifs is 4. The molecule has 3 aromatic rings. The zero-order chi connectivity index (χ0) is 21.7. The molecule has 0 radical (unpaired) electrons. The van der Waals surface area contributed by atoms with E-state index in [9.17, 15) is 10.1 Å². The van der Waals surface area contributed by atoms with Gasteiger partial charge in [-0.2, -0.15) is 5.10 Å². The third-order valence-corrected chi connectivity index (χ3v) is 5.94. The molecule has 0 N–H and O–H groups in total. The first-order chi connectivity index (χ1) is 15.7. The van der Waals surface area contributed by atoms with E-state index >= 15 is 0 Å². The van der Waals surface area contributed by atoms with Crippen molar-refractivity contribution in [2.45, 2.75) is 18.7 Å². The van der Waals surface area contributed by atoms with Gasteiger partial charge in [-0.15, -0.1) is 0 Å². The van der Waals surface area contributed by atoms with Crippen LogP contribution < -0.4 is 14.2 Å². The molecule has 0 unspecified atom stereocenters. The van der Waals surface area contributed by atoms with E-state index in [0.29, 0.717) is 30.9 Å². The number of nitro benzene ring substituents is 1. The molecule has 3 aromatic carbocycles. The summed E-state index contributed by atoms with van der Waals surface area (Å²) in [6.45, 7) is 1.07. The van der Waals surface area contributed by atoms with Gasteiger partial charge in [0.25, 0.3) is 5.69 Å². The second kappa shape index (κ2) is 7.26. The van der Waals surface area contributed by atoms with Crippen molar-refractivity contribution in [3.8, 4) is 17.2 Å². The summed E-state index contributed by atoms with van der Waals surface area (Å²) in [4.78, 5) is 10.9. The number of rotatable bonds is 3. The maximum Gasteiger partial charge on any atom is 0.269 e. The predicted molar refractivity (Wildman–Crippen MR) is 116 cm³/mol.